The Hall–Kier alpha value is -1.42. The van der Waals surface area contributed by atoms with Gasteiger partial charge in [-0.3, -0.25) is 4.79 Å². The molecule has 140 valence electrons. The van der Waals surface area contributed by atoms with E-state index in [1.54, 1.807) is 36.4 Å². The van der Waals surface area contributed by atoms with Gasteiger partial charge in [-0.05, 0) is 83.2 Å². The minimum absolute atomic E-state index is 0.0880. The number of phenols is 1. The maximum absolute atomic E-state index is 12.3. The molecular formula is C18H13Cl2IN2O3S. The highest BCUT2D eigenvalue weighted by Crippen LogP contribution is 2.35. The Morgan fingerprint density at radius 1 is 1.30 bits per heavy atom. The molecule has 2 aromatic rings. The largest absolute Gasteiger partial charge is 0.504 e. The molecule has 0 saturated carbocycles. The topological polar surface area (TPSA) is 70.9 Å². The predicted molar refractivity (Wildman–Crippen MR) is 119 cm³/mol. The molecule has 0 aromatic heterocycles. The Kier molecular flexibility index (Phi) is 6.56. The van der Waals surface area contributed by atoms with Crippen molar-refractivity contribution < 1.29 is 14.6 Å². The van der Waals surface area contributed by atoms with Crippen molar-refractivity contribution in [1.29, 1.82) is 0 Å². The molecule has 0 radical (unpaired) electrons. The Morgan fingerprint density at radius 3 is 2.78 bits per heavy atom. The van der Waals surface area contributed by atoms with Crippen LogP contribution >= 0.6 is 57.6 Å². The third-order valence-corrected chi connectivity index (χ3v) is 5.90. The van der Waals surface area contributed by atoms with Crippen molar-refractivity contribution in [3.8, 4) is 11.5 Å². The van der Waals surface area contributed by atoms with Gasteiger partial charge in [0.15, 0.2) is 16.7 Å². The summed E-state index contributed by atoms with van der Waals surface area (Å²) < 4.78 is 6.07. The van der Waals surface area contributed by atoms with Crippen LogP contribution in [0.25, 0.3) is 6.08 Å². The van der Waals surface area contributed by atoms with E-state index in [0.29, 0.717) is 41.7 Å². The normalized spacial score (nSPS) is 16.8. The van der Waals surface area contributed by atoms with E-state index in [-0.39, 0.29) is 11.7 Å². The number of thioether (sulfide) groups is 1. The van der Waals surface area contributed by atoms with Crippen molar-refractivity contribution in [2.24, 2.45) is 4.99 Å². The first-order chi connectivity index (χ1) is 12.9. The molecule has 1 fully saturated rings. The number of carbonyl (C=O) groups excluding carboxylic acids is 1. The molecule has 9 heteroatoms. The van der Waals surface area contributed by atoms with E-state index in [2.05, 4.69) is 10.3 Å². The lowest BCUT2D eigenvalue weighted by molar-refractivity contribution is -0.115. The van der Waals surface area contributed by atoms with Crippen LogP contribution in [-0.4, -0.2) is 22.8 Å². The Balaban J connectivity index is 1.87. The lowest BCUT2D eigenvalue weighted by Gasteiger charge is -2.08. The number of hydrogen-bond donors (Lipinski definition) is 2. The molecule has 2 N–H and O–H groups in total. The van der Waals surface area contributed by atoms with Gasteiger partial charge in [-0.2, -0.15) is 0 Å². The summed E-state index contributed by atoms with van der Waals surface area (Å²) in [5, 5.41) is 14.0. The maximum atomic E-state index is 12.3. The first kappa shape index (κ1) is 20.3. The zero-order chi connectivity index (χ0) is 19.6. The molecule has 0 bridgehead atoms. The summed E-state index contributed by atoms with van der Waals surface area (Å²) in [5.41, 5.74) is 1.33. The molecule has 2 aromatic carbocycles. The highest BCUT2D eigenvalue weighted by atomic mass is 127. The fourth-order valence-electron chi connectivity index (χ4n) is 2.25. The number of phenolic OH excluding ortho intramolecular Hbond substituents is 1. The maximum Gasteiger partial charge on any atom is 0.264 e. The third kappa shape index (κ3) is 4.90. The van der Waals surface area contributed by atoms with Crippen LogP contribution < -0.4 is 10.1 Å². The summed E-state index contributed by atoms with van der Waals surface area (Å²) in [5.74, 6) is 0.217. The van der Waals surface area contributed by atoms with Crippen LogP contribution in [0.1, 0.15) is 12.5 Å². The quantitative estimate of drug-likeness (QED) is 0.396. The Labute approximate surface area is 183 Å². The Morgan fingerprint density at radius 2 is 2.07 bits per heavy atom. The number of ether oxygens (including phenoxy) is 1. The van der Waals surface area contributed by atoms with E-state index < -0.39 is 0 Å². The lowest BCUT2D eigenvalue weighted by Crippen LogP contribution is -2.19. The van der Waals surface area contributed by atoms with Crippen molar-refractivity contribution in [2.45, 2.75) is 6.92 Å². The number of amidine groups is 1. The van der Waals surface area contributed by atoms with E-state index in [1.807, 2.05) is 29.5 Å². The molecule has 5 nitrogen and oxygen atoms in total. The third-order valence-electron chi connectivity index (χ3n) is 3.43. The summed E-state index contributed by atoms with van der Waals surface area (Å²) in [6.07, 6.45) is 1.72. The van der Waals surface area contributed by atoms with Crippen LogP contribution in [-0.2, 0) is 4.79 Å². The number of nitrogens with one attached hydrogen (secondary N) is 1. The average Bonchev–Trinajstić information content (AvgIpc) is 2.95. The molecule has 27 heavy (non-hydrogen) atoms. The summed E-state index contributed by atoms with van der Waals surface area (Å²) in [6.45, 7) is 2.27. The lowest BCUT2D eigenvalue weighted by atomic mass is 10.2. The number of amides is 1. The summed E-state index contributed by atoms with van der Waals surface area (Å²) >= 11 is 15.1. The minimum atomic E-state index is -0.250. The molecule has 1 aliphatic rings. The second-order valence-corrected chi connectivity index (χ2v) is 8.37. The molecule has 0 unspecified atom stereocenters. The molecule has 1 amide bonds. The fraction of sp³-hybridized carbons (Fsp3) is 0.111. The van der Waals surface area contributed by atoms with Crippen molar-refractivity contribution in [2.75, 3.05) is 6.61 Å². The molecule has 0 spiro atoms. The number of aromatic hydroxyl groups is 1. The Bertz CT molecular complexity index is 979. The molecular weight excluding hydrogens is 522 g/mol. The summed E-state index contributed by atoms with van der Waals surface area (Å²) in [7, 11) is 0. The number of hydrogen-bond acceptors (Lipinski definition) is 5. The zero-order valence-corrected chi connectivity index (χ0v) is 18.4. The molecule has 1 aliphatic heterocycles. The van der Waals surface area contributed by atoms with Crippen LogP contribution in [0.5, 0.6) is 11.5 Å². The summed E-state index contributed by atoms with van der Waals surface area (Å²) in [6, 6.07) is 8.45. The van der Waals surface area contributed by atoms with Gasteiger partial charge in [0.2, 0.25) is 0 Å². The van der Waals surface area contributed by atoms with Crippen molar-refractivity contribution in [1.82, 2.24) is 5.32 Å². The van der Waals surface area contributed by atoms with Gasteiger partial charge in [-0.15, -0.1) is 0 Å². The highest BCUT2D eigenvalue weighted by molar-refractivity contribution is 14.1. The standard InChI is InChI=1S/C18H13Cl2IN2O3S/c1-2-26-14-6-9(5-13(21)16(14)24)7-15-17(25)23-18(27-15)22-10-3-4-11(19)12(20)8-10/h3-8,24H,2H2,1H3,(H,22,23,25)/b15-7+. The second-order valence-electron chi connectivity index (χ2n) is 5.36. The molecule has 3 rings (SSSR count). The van der Waals surface area contributed by atoms with Crippen LogP contribution in [0, 0.1) is 3.57 Å². The monoisotopic (exact) mass is 534 g/mol. The molecule has 1 saturated heterocycles. The van der Waals surface area contributed by atoms with Crippen molar-refractivity contribution in [3.63, 3.8) is 0 Å². The number of halogens is 3. The van der Waals surface area contributed by atoms with Crippen molar-refractivity contribution >= 4 is 80.4 Å². The van der Waals surface area contributed by atoms with E-state index in [4.69, 9.17) is 27.9 Å². The van der Waals surface area contributed by atoms with Gasteiger partial charge in [0, 0.05) is 0 Å². The van der Waals surface area contributed by atoms with Gasteiger partial charge < -0.3 is 15.2 Å². The highest BCUT2D eigenvalue weighted by Gasteiger charge is 2.24. The smallest absolute Gasteiger partial charge is 0.264 e. The van der Waals surface area contributed by atoms with Gasteiger partial charge >= 0.3 is 0 Å². The first-order valence-corrected chi connectivity index (χ1v) is 10.4. The molecule has 1 heterocycles. The van der Waals surface area contributed by atoms with Crippen LogP contribution in [0.2, 0.25) is 10.0 Å². The second kappa shape index (κ2) is 8.72. The SMILES string of the molecule is CCOc1cc(/C=C2/SC(=Nc3ccc(Cl)c(Cl)c3)NC2=O)cc(I)c1O. The van der Waals surface area contributed by atoms with Crippen LogP contribution in [0.4, 0.5) is 5.69 Å². The van der Waals surface area contributed by atoms with Gasteiger partial charge in [0.25, 0.3) is 5.91 Å². The van der Waals surface area contributed by atoms with Gasteiger partial charge in [-0.1, -0.05) is 23.2 Å². The van der Waals surface area contributed by atoms with Crippen LogP contribution in [0.15, 0.2) is 40.2 Å². The van der Waals surface area contributed by atoms with E-state index in [1.165, 1.54) is 11.8 Å². The first-order valence-electron chi connectivity index (χ1n) is 7.77. The van der Waals surface area contributed by atoms with E-state index in [0.717, 1.165) is 5.56 Å². The van der Waals surface area contributed by atoms with E-state index in [9.17, 15) is 9.90 Å². The number of benzene rings is 2. The van der Waals surface area contributed by atoms with E-state index >= 15 is 0 Å². The van der Waals surface area contributed by atoms with Crippen LogP contribution in [0.3, 0.4) is 0 Å². The van der Waals surface area contributed by atoms with Gasteiger partial charge in [0.05, 0.1) is 30.8 Å². The van der Waals surface area contributed by atoms with Gasteiger partial charge in [0.1, 0.15) is 0 Å². The fourth-order valence-corrected chi connectivity index (χ4v) is 4.01. The molecule has 0 aliphatic carbocycles. The average molecular weight is 535 g/mol. The van der Waals surface area contributed by atoms with Crippen molar-refractivity contribution in [3.05, 3.63) is 54.4 Å². The predicted octanol–water partition coefficient (Wildman–Crippen LogP) is 5.59. The zero-order valence-electron chi connectivity index (χ0n) is 13.9. The van der Waals surface area contributed by atoms with Gasteiger partial charge in [-0.25, -0.2) is 4.99 Å². The number of rotatable bonds is 4. The number of nitrogens with zero attached hydrogens (tertiary/aromatic N) is 1. The summed E-state index contributed by atoms with van der Waals surface area (Å²) in [4.78, 5) is 17.1. The molecule has 0 atom stereocenters. The minimum Gasteiger partial charge on any atom is -0.504 e. The number of aliphatic imine (C=N–C) groups is 1. The number of carbonyl (C=O) groups is 1.